The first-order valence-electron chi connectivity index (χ1n) is 6.28. The van der Waals surface area contributed by atoms with Gasteiger partial charge < -0.3 is 10.4 Å². The highest BCUT2D eigenvalue weighted by atomic mass is 16.3. The second-order valence-corrected chi connectivity index (χ2v) is 4.86. The Morgan fingerprint density at radius 3 is 2.88 bits per heavy atom. The van der Waals surface area contributed by atoms with Gasteiger partial charge in [0.2, 0.25) is 0 Å². The first-order chi connectivity index (χ1) is 7.75. The van der Waals surface area contributed by atoms with E-state index < -0.39 is 0 Å². The average molecular weight is 219 g/mol. The fraction of sp³-hybridized carbons (Fsp3) is 0.571. The lowest BCUT2D eigenvalue weighted by molar-refractivity contribution is 0.288. The number of hydrogen-bond acceptors (Lipinski definition) is 2. The van der Waals surface area contributed by atoms with Gasteiger partial charge in [-0.3, -0.25) is 0 Å². The van der Waals surface area contributed by atoms with E-state index in [1.807, 2.05) is 12.1 Å². The predicted molar refractivity (Wildman–Crippen MR) is 66.5 cm³/mol. The molecule has 2 N–H and O–H groups in total. The Kier molecular flexibility index (Phi) is 3.83. The van der Waals surface area contributed by atoms with E-state index in [0.717, 1.165) is 18.0 Å². The van der Waals surface area contributed by atoms with Crippen LogP contribution in [0.1, 0.15) is 44.2 Å². The van der Waals surface area contributed by atoms with Crippen molar-refractivity contribution in [3.8, 4) is 5.75 Å². The van der Waals surface area contributed by atoms with E-state index in [1.54, 1.807) is 6.07 Å². The molecule has 0 bridgehead atoms. The molecule has 0 aromatic heterocycles. The van der Waals surface area contributed by atoms with Gasteiger partial charge in [0.15, 0.2) is 0 Å². The van der Waals surface area contributed by atoms with Crippen LogP contribution in [0, 0.1) is 5.92 Å². The molecule has 0 spiro atoms. The van der Waals surface area contributed by atoms with E-state index in [1.165, 1.54) is 25.7 Å². The van der Waals surface area contributed by atoms with Gasteiger partial charge in [-0.25, -0.2) is 0 Å². The fourth-order valence-electron chi connectivity index (χ4n) is 2.20. The van der Waals surface area contributed by atoms with Gasteiger partial charge in [-0.15, -0.1) is 0 Å². The third-order valence-electron chi connectivity index (χ3n) is 3.60. The van der Waals surface area contributed by atoms with Crippen LogP contribution in [0.15, 0.2) is 24.3 Å². The molecular formula is C14H21NO. The molecule has 2 heteroatoms. The largest absolute Gasteiger partial charge is 0.508 e. The Balaban J connectivity index is 1.76. The second-order valence-electron chi connectivity index (χ2n) is 4.86. The Morgan fingerprint density at radius 2 is 2.25 bits per heavy atom. The Bertz CT molecular complexity index is 333. The maximum atomic E-state index is 9.40. The second kappa shape index (κ2) is 5.35. The summed E-state index contributed by atoms with van der Waals surface area (Å²) in [5.74, 6) is 1.31. The molecule has 2 nitrogen and oxygen atoms in total. The summed E-state index contributed by atoms with van der Waals surface area (Å²) in [6.45, 7) is 3.23. The molecule has 2 rings (SSSR count). The highest BCUT2D eigenvalue weighted by Gasteiger charge is 2.16. The molecule has 0 saturated heterocycles. The fourth-order valence-corrected chi connectivity index (χ4v) is 2.20. The summed E-state index contributed by atoms with van der Waals surface area (Å²) < 4.78 is 0. The van der Waals surface area contributed by atoms with E-state index in [0.29, 0.717) is 11.8 Å². The third-order valence-corrected chi connectivity index (χ3v) is 3.60. The van der Waals surface area contributed by atoms with Crippen molar-refractivity contribution in [1.29, 1.82) is 0 Å². The van der Waals surface area contributed by atoms with Gasteiger partial charge in [-0.2, -0.15) is 0 Å². The molecule has 1 fully saturated rings. The molecule has 1 unspecified atom stereocenters. The molecular weight excluding hydrogens is 198 g/mol. The summed E-state index contributed by atoms with van der Waals surface area (Å²) >= 11 is 0. The normalized spacial score (nSPS) is 18.1. The number of hydrogen-bond donors (Lipinski definition) is 2. The van der Waals surface area contributed by atoms with Crippen LogP contribution in [0.4, 0.5) is 0 Å². The topological polar surface area (TPSA) is 32.3 Å². The minimum atomic E-state index is 0.326. The summed E-state index contributed by atoms with van der Waals surface area (Å²) in [6, 6.07) is 7.83. The molecule has 1 atom stereocenters. The maximum Gasteiger partial charge on any atom is 0.115 e. The highest BCUT2D eigenvalue weighted by Crippen LogP contribution is 2.29. The Labute approximate surface area is 97.7 Å². The number of benzene rings is 1. The number of nitrogens with one attached hydrogen (secondary N) is 1. The smallest absolute Gasteiger partial charge is 0.115 e. The van der Waals surface area contributed by atoms with E-state index in [9.17, 15) is 5.11 Å². The highest BCUT2D eigenvalue weighted by molar-refractivity contribution is 5.28. The predicted octanol–water partition coefficient (Wildman–Crippen LogP) is 3.23. The molecule has 1 saturated carbocycles. The lowest BCUT2D eigenvalue weighted by Crippen LogP contribution is -2.24. The molecule has 0 amide bonds. The van der Waals surface area contributed by atoms with Gasteiger partial charge in [0.1, 0.15) is 5.75 Å². The molecule has 0 heterocycles. The van der Waals surface area contributed by atoms with Gasteiger partial charge in [-0.05, 0) is 43.5 Å². The van der Waals surface area contributed by atoms with Gasteiger partial charge in [0.05, 0.1) is 0 Å². The lowest BCUT2D eigenvalue weighted by atomic mass is 9.83. The van der Waals surface area contributed by atoms with E-state index >= 15 is 0 Å². The van der Waals surface area contributed by atoms with Crippen molar-refractivity contribution < 1.29 is 5.11 Å². The summed E-state index contributed by atoms with van der Waals surface area (Å²) in [7, 11) is 0. The standard InChI is InChI=1S/C14H21NO/c1-11(13-6-3-7-14(16)10-13)15-9-8-12-4-2-5-12/h3,6-7,10-12,15-16H,2,4-5,8-9H2,1H3. The van der Waals surface area contributed by atoms with Gasteiger partial charge in [0.25, 0.3) is 0 Å². The van der Waals surface area contributed by atoms with Crippen LogP contribution in [-0.2, 0) is 0 Å². The van der Waals surface area contributed by atoms with Crippen molar-refractivity contribution in [1.82, 2.24) is 5.32 Å². The van der Waals surface area contributed by atoms with Crippen molar-refractivity contribution >= 4 is 0 Å². The summed E-state index contributed by atoms with van der Waals surface area (Å²) in [6.07, 6.45) is 5.56. The Hall–Kier alpha value is -1.02. The van der Waals surface area contributed by atoms with Crippen LogP contribution in [0.5, 0.6) is 5.75 Å². The molecule has 88 valence electrons. The maximum absolute atomic E-state index is 9.40. The number of aromatic hydroxyl groups is 1. The summed E-state index contributed by atoms with van der Waals surface area (Å²) in [4.78, 5) is 0. The lowest BCUT2D eigenvalue weighted by Gasteiger charge is -2.26. The number of phenolic OH excluding ortho intramolecular Hbond substituents is 1. The zero-order valence-corrected chi connectivity index (χ0v) is 9.95. The van der Waals surface area contributed by atoms with Gasteiger partial charge >= 0.3 is 0 Å². The molecule has 1 aliphatic rings. The Morgan fingerprint density at radius 1 is 1.44 bits per heavy atom. The first kappa shape index (κ1) is 11.5. The molecule has 1 aliphatic carbocycles. The van der Waals surface area contributed by atoms with Crippen molar-refractivity contribution in [2.24, 2.45) is 5.92 Å². The molecule has 0 radical (unpaired) electrons. The summed E-state index contributed by atoms with van der Waals surface area (Å²) in [5, 5.41) is 12.9. The monoisotopic (exact) mass is 219 g/mol. The van der Waals surface area contributed by atoms with Crippen LogP contribution >= 0.6 is 0 Å². The van der Waals surface area contributed by atoms with Crippen molar-refractivity contribution in [3.63, 3.8) is 0 Å². The van der Waals surface area contributed by atoms with E-state index in [4.69, 9.17) is 0 Å². The quantitative estimate of drug-likeness (QED) is 0.797. The molecule has 0 aliphatic heterocycles. The molecule has 16 heavy (non-hydrogen) atoms. The number of rotatable bonds is 5. The minimum absolute atomic E-state index is 0.326. The first-order valence-corrected chi connectivity index (χ1v) is 6.28. The van der Waals surface area contributed by atoms with Crippen LogP contribution in [-0.4, -0.2) is 11.7 Å². The summed E-state index contributed by atoms with van der Waals surface area (Å²) in [5.41, 5.74) is 1.16. The number of phenols is 1. The molecule has 1 aromatic carbocycles. The van der Waals surface area contributed by atoms with Crippen molar-refractivity contribution in [2.45, 2.75) is 38.6 Å². The van der Waals surface area contributed by atoms with Crippen LogP contribution in [0.3, 0.4) is 0 Å². The van der Waals surface area contributed by atoms with E-state index in [2.05, 4.69) is 18.3 Å². The average Bonchev–Trinajstić information content (AvgIpc) is 2.21. The minimum Gasteiger partial charge on any atom is -0.508 e. The van der Waals surface area contributed by atoms with Crippen LogP contribution < -0.4 is 5.32 Å². The molecule has 1 aromatic rings. The third kappa shape index (κ3) is 2.99. The van der Waals surface area contributed by atoms with Crippen molar-refractivity contribution in [2.75, 3.05) is 6.54 Å². The SMILES string of the molecule is CC(NCCC1CCC1)c1cccc(O)c1. The zero-order chi connectivity index (χ0) is 11.4. The van der Waals surface area contributed by atoms with Gasteiger partial charge in [-0.1, -0.05) is 31.4 Å². The van der Waals surface area contributed by atoms with Gasteiger partial charge in [0, 0.05) is 6.04 Å². The zero-order valence-electron chi connectivity index (χ0n) is 9.95. The van der Waals surface area contributed by atoms with E-state index in [-0.39, 0.29) is 0 Å². The van der Waals surface area contributed by atoms with Crippen molar-refractivity contribution in [3.05, 3.63) is 29.8 Å². The van der Waals surface area contributed by atoms with Crippen LogP contribution in [0.2, 0.25) is 0 Å². The van der Waals surface area contributed by atoms with Crippen LogP contribution in [0.25, 0.3) is 0 Å².